The number of hydrogen-bond acceptors (Lipinski definition) is 3. The van der Waals surface area contributed by atoms with E-state index >= 15 is 0 Å². The van der Waals surface area contributed by atoms with Crippen LogP contribution in [-0.4, -0.2) is 42.9 Å². The van der Waals surface area contributed by atoms with Crippen LogP contribution in [0.2, 0.25) is 0 Å². The molecule has 0 aromatic heterocycles. The lowest BCUT2D eigenvalue weighted by molar-refractivity contribution is -0.194. The molecule has 0 aromatic rings. The Morgan fingerprint density at radius 1 is 1.41 bits per heavy atom. The number of carbonyl (C=O) groups is 1. The smallest absolute Gasteiger partial charge is 0.225 e. The predicted octanol–water partition coefficient (Wildman–Crippen LogP) is 1.79. The van der Waals surface area contributed by atoms with Crippen molar-refractivity contribution in [2.75, 3.05) is 26.3 Å². The van der Waals surface area contributed by atoms with Crippen LogP contribution < -0.4 is 0 Å². The van der Waals surface area contributed by atoms with Gasteiger partial charge in [-0.15, -0.1) is 0 Å². The van der Waals surface area contributed by atoms with Crippen LogP contribution in [0.5, 0.6) is 0 Å². The second-order valence-electron chi connectivity index (χ2n) is 5.16. The lowest BCUT2D eigenvalue weighted by Crippen LogP contribution is -2.52. The van der Waals surface area contributed by atoms with Crippen LogP contribution >= 0.6 is 0 Å². The van der Waals surface area contributed by atoms with Crippen molar-refractivity contribution in [1.82, 2.24) is 4.90 Å². The summed E-state index contributed by atoms with van der Waals surface area (Å²) in [6.45, 7) is 6.91. The van der Waals surface area contributed by atoms with Crippen LogP contribution in [0.3, 0.4) is 0 Å². The molecule has 2 heterocycles. The van der Waals surface area contributed by atoms with Gasteiger partial charge in [0.1, 0.15) is 0 Å². The first-order valence-corrected chi connectivity index (χ1v) is 6.73. The van der Waals surface area contributed by atoms with Crippen molar-refractivity contribution in [3.63, 3.8) is 0 Å². The predicted molar refractivity (Wildman–Crippen MR) is 64.5 cm³/mol. The van der Waals surface area contributed by atoms with Gasteiger partial charge in [0, 0.05) is 18.9 Å². The van der Waals surface area contributed by atoms with Crippen LogP contribution in [0.4, 0.5) is 0 Å². The fourth-order valence-electron chi connectivity index (χ4n) is 2.78. The topological polar surface area (TPSA) is 38.8 Å². The SMILES string of the molecule is CCCC(C)C(=O)N1CCCC2(C1)OCCO2. The van der Waals surface area contributed by atoms with Crippen LogP contribution in [-0.2, 0) is 14.3 Å². The molecule has 17 heavy (non-hydrogen) atoms. The standard InChI is InChI=1S/C13H23NO3/c1-3-5-11(2)12(15)14-7-4-6-13(10-14)16-8-9-17-13/h11H,3-10H2,1-2H3. The first-order valence-electron chi connectivity index (χ1n) is 6.73. The van der Waals surface area contributed by atoms with Crippen molar-refractivity contribution in [1.29, 1.82) is 0 Å². The van der Waals surface area contributed by atoms with E-state index in [-0.39, 0.29) is 11.8 Å². The van der Waals surface area contributed by atoms with Gasteiger partial charge in [-0.1, -0.05) is 20.3 Å². The summed E-state index contributed by atoms with van der Waals surface area (Å²) in [7, 11) is 0. The van der Waals surface area contributed by atoms with Gasteiger partial charge in [0.2, 0.25) is 5.91 Å². The summed E-state index contributed by atoms with van der Waals surface area (Å²) < 4.78 is 11.4. The minimum absolute atomic E-state index is 0.122. The molecule has 2 fully saturated rings. The number of likely N-dealkylation sites (tertiary alicyclic amines) is 1. The molecule has 98 valence electrons. The molecule has 0 radical (unpaired) electrons. The number of rotatable bonds is 3. The molecule has 1 atom stereocenters. The highest BCUT2D eigenvalue weighted by atomic mass is 16.7. The maximum absolute atomic E-state index is 12.2. The first-order chi connectivity index (χ1) is 8.17. The minimum atomic E-state index is -0.486. The van der Waals surface area contributed by atoms with Gasteiger partial charge in [0.15, 0.2) is 5.79 Å². The quantitative estimate of drug-likeness (QED) is 0.756. The van der Waals surface area contributed by atoms with E-state index in [1.807, 2.05) is 11.8 Å². The second kappa shape index (κ2) is 5.36. The summed E-state index contributed by atoms with van der Waals surface area (Å²) >= 11 is 0. The monoisotopic (exact) mass is 241 g/mol. The van der Waals surface area contributed by atoms with E-state index in [1.54, 1.807) is 0 Å². The Bertz CT molecular complexity index is 274. The molecule has 4 heteroatoms. The molecular formula is C13H23NO3. The molecular weight excluding hydrogens is 218 g/mol. The van der Waals surface area contributed by atoms with Crippen molar-refractivity contribution >= 4 is 5.91 Å². The minimum Gasteiger partial charge on any atom is -0.346 e. The van der Waals surface area contributed by atoms with E-state index < -0.39 is 5.79 Å². The lowest BCUT2D eigenvalue weighted by Gasteiger charge is -2.39. The Labute approximate surface area is 103 Å². The van der Waals surface area contributed by atoms with Gasteiger partial charge in [-0.25, -0.2) is 0 Å². The molecule has 0 aliphatic carbocycles. The van der Waals surface area contributed by atoms with Crippen molar-refractivity contribution in [3.05, 3.63) is 0 Å². The van der Waals surface area contributed by atoms with Gasteiger partial charge >= 0.3 is 0 Å². The third-order valence-electron chi connectivity index (χ3n) is 3.69. The molecule has 1 spiro atoms. The van der Waals surface area contributed by atoms with Crippen LogP contribution in [0, 0.1) is 5.92 Å². The number of piperidine rings is 1. The van der Waals surface area contributed by atoms with E-state index in [4.69, 9.17) is 9.47 Å². The molecule has 2 saturated heterocycles. The van der Waals surface area contributed by atoms with E-state index in [0.717, 1.165) is 32.2 Å². The maximum atomic E-state index is 12.2. The summed E-state index contributed by atoms with van der Waals surface area (Å²) in [5.41, 5.74) is 0. The fourth-order valence-corrected chi connectivity index (χ4v) is 2.78. The number of nitrogens with zero attached hydrogens (tertiary/aromatic N) is 1. The van der Waals surface area contributed by atoms with Gasteiger partial charge in [-0.3, -0.25) is 4.79 Å². The Balaban J connectivity index is 1.94. The zero-order valence-corrected chi connectivity index (χ0v) is 10.9. The molecule has 1 unspecified atom stereocenters. The molecule has 2 rings (SSSR count). The molecule has 2 aliphatic heterocycles. The van der Waals surface area contributed by atoms with E-state index in [2.05, 4.69) is 6.92 Å². The molecule has 2 aliphatic rings. The van der Waals surface area contributed by atoms with Gasteiger partial charge in [-0.2, -0.15) is 0 Å². The van der Waals surface area contributed by atoms with Gasteiger partial charge in [-0.05, 0) is 12.8 Å². The van der Waals surface area contributed by atoms with Crippen molar-refractivity contribution in [3.8, 4) is 0 Å². The van der Waals surface area contributed by atoms with Crippen molar-refractivity contribution < 1.29 is 14.3 Å². The van der Waals surface area contributed by atoms with Gasteiger partial charge < -0.3 is 14.4 Å². The fraction of sp³-hybridized carbons (Fsp3) is 0.923. The number of amides is 1. The molecule has 1 amide bonds. The largest absolute Gasteiger partial charge is 0.346 e. The highest BCUT2D eigenvalue weighted by Crippen LogP contribution is 2.30. The Morgan fingerprint density at radius 2 is 2.12 bits per heavy atom. The third kappa shape index (κ3) is 2.80. The molecule has 0 aromatic carbocycles. The van der Waals surface area contributed by atoms with Crippen LogP contribution in [0.15, 0.2) is 0 Å². The van der Waals surface area contributed by atoms with Crippen molar-refractivity contribution in [2.45, 2.75) is 45.3 Å². The summed E-state index contributed by atoms with van der Waals surface area (Å²) in [4.78, 5) is 14.2. The molecule has 4 nitrogen and oxygen atoms in total. The molecule has 0 bridgehead atoms. The lowest BCUT2D eigenvalue weighted by atomic mass is 10.00. The van der Waals surface area contributed by atoms with E-state index in [0.29, 0.717) is 19.8 Å². The number of ether oxygens (including phenoxy) is 2. The van der Waals surface area contributed by atoms with Crippen molar-refractivity contribution in [2.24, 2.45) is 5.92 Å². The average molecular weight is 241 g/mol. The number of hydrogen-bond donors (Lipinski definition) is 0. The van der Waals surface area contributed by atoms with E-state index in [9.17, 15) is 4.79 Å². The highest BCUT2D eigenvalue weighted by Gasteiger charge is 2.42. The van der Waals surface area contributed by atoms with Gasteiger partial charge in [0.05, 0.1) is 19.8 Å². The Morgan fingerprint density at radius 3 is 2.76 bits per heavy atom. The summed E-state index contributed by atoms with van der Waals surface area (Å²) in [5, 5.41) is 0. The molecule has 0 saturated carbocycles. The zero-order chi connectivity index (χ0) is 12.3. The number of carbonyl (C=O) groups excluding carboxylic acids is 1. The summed E-state index contributed by atoms with van der Waals surface area (Å²) in [6, 6.07) is 0. The van der Waals surface area contributed by atoms with Gasteiger partial charge in [0.25, 0.3) is 0 Å². The van der Waals surface area contributed by atoms with Crippen LogP contribution in [0.1, 0.15) is 39.5 Å². The molecule has 0 N–H and O–H groups in total. The summed E-state index contributed by atoms with van der Waals surface area (Å²) in [5.74, 6) is -0.110. The normalized spacial score (nSPS) is 25.2. The summed E-state index contributed by atoms with van der Waals surface area (Å²) in [6.07, 6.45) is 3.91. The first kappa shape index (κ1) is 12.8. The Hall–Kier alpha value is -0.610. The highest BCUT2D eigenvalue weighted by molar-refractivity contribution is 5.78. The average Bonchev–Trinajstić information content (AvgIpc) is 2.76. The second-order valence-corrected chi connectivity index (χ2v) is 5.16. The maximum Gasteiger partial charge on any atom is 0.225 e. The Kier molecular flexibility index (Phi) is 4.05. The van der Waals surface area contributed by atoms with Crippen LogP contribution in [0.25, 0.3) is 0 Å². The third-order valence-corrected chi connectivity index (χ3v) is 3.69. The zero-order valence-electron chi connectivity index (χ0n) is 10.9. The van der Waals surface area contributed by atoms with E-state index in [1.165, 1.54) is 0 Å².